The Bertz CT molecular complexity index is 500. The second kappa shape index (κ2) is 3.80. The smallest absolute Gasteiger partial charge is 0.222 e. The third kappa shape index (κ3) is 1.69. The molecule has 2 rings (SSSR count). The van der Waals surface area contributed by atoms with Crippen LogP contribution in [-0.4, -0.2) is 24.3 Å². The van der Waals surface area contributed by atoms with Crippen LogP contribution in [0.15, 0.2) is 17.1 Å². The molecule has 4 nitrogen and oxygen atoms in total. The minimum absolute atomic E-state index is 0.0557. The van der Waals surface area contributed by atoms with Crippen molar-refractivity contribution < 1.29 is 18.4 Å². The molecule has 6 heteroatoms. The highest BCUT2D eigenvalue weighted by Gasteiger charge is 2.22. The zero-order valence-electron chi connectivity index (χ0n) is 7.91. The molecule has 1 heterocycles. The standard InChI is InChI=1S/C10H6F2N2O2/c11-5-1-6(12)10-7(2-5)14-8(3-13-10)9(16)4-15/h1-4,8,14H. The van der Waals surface area contributed by atoms with Crippen LogP contribution >= 0.6 is 0 Å². The van der Waals surface area contributed by atoms with Crippen molar-refractivity contribution in [2.75, 3.05) is 5.32 Å². The van der Waals surface area contributed by atoms with Crippen molar-refractivity contribution in [3.63, 3.8) is 0 Å². The Hall–Kier alpha value is -2.11. The molecule has 1 aromatic carbocycles. The zero-order valence-corrected chi connectivity index (χ0v) is 7.91. The third-order valence-corrected chi connectivity index (χ3v) is 2.11. The van der Waals surface area contributed by atoms with E-state index >= 15 is 0 Å². The molecule has 0 fully saturated rings. The lowest BCUT2D eigenvalue weighted by molar-refractivity contribution is -0.129. The van der Waals surface area contributed by atoms with Crippen molar-refractivity contribution in [3.05, 3.63) is 23.8 Å². The largest absolute Gasteiger partial charge is 0.369 e. The maximum absolute atomic E-state index is 13.2. The molecule has 1 N–H and O–H groups in total. The summed E-state index contributed by atoms with van der Waals surface area (Å²) in [6, 6.07) is 0.742. The molecule has 0 amide bonds. The number of carbonyl (C=O) groups is 2. The van der Waals surface area contributed by atoms with E-state index in [1.54, 1.807) is 0 Å². The molecule has 1 aliphatic heterocycles. The zero-order chi connectivity index (χ0) is 11.7. The first kappa shape index (κ1) is 10.4. The van der Waals surface area contributed by atoms with E-state index in [0.717, 1.165) is 12.3 Å². The highest BCUT2D eigenvalue weighted by molar-refractivity contribution is 6.33. The molecule has 0 spiro atoms. The number of fused-ring (bicyclic) bond motifs is 1. The van der Waals surface area contributed by atoms with Crippen molar-refractivity contribution in [2.24, 2.45) is 4.99 Å². The van der Waals surface area contributed by atoms with E-state index in [4.69, 9.17) is 0 Å². The fourth-order valence-electron chi connectivity index (χ4n) is 1.38. The Morgan fingerprint density at radius 1 is 1.44 bits per heavy atom. The molecule has 1 aliphatic rings. The lowest BCUT2D eigenvalue weighted by Crippen LogP contribution is -2.33. The van der Waals surface area contributed by atoms with Crippen LogP contribution in [0.5, 0.6) is 0 Å². The van der Waals surface area contributed by atoms with E-state index in [0.29, 0.717) is 6.07 Å². The Labute approximate surface area is 89.0 Å². The van der Waals surface area contributed by atoms with Crippen molar-refractivity contribution in [2.45, 2.75) is 6.04 Å². The number of hydrogen-bond acceptors (Lipinski definition) is 4. The van der Waals surface area contributed by atoms with Crippen LogP contribution in [0.25, 0.3) is 0 Å². The maximum Gasteiger partial charge on any atom is 0.222 e. The number of ketones is 1. The van der Waals surface area contributed by atoms with Crippen LogP contribution in [0.1, 0.15) is 0 Å². The third-order valence-electron chi connectivity index (χ3n) is 2.11. The minimum Gasteiger partial charge on any atom is -0.369 e. The molecule has 0 saturated carbocycles. The average molecular weight is 224 g/mol. The molecule has 0 radical (unpaired) electrons. The van der Waals surface area contributed by atoms with E-state index in [1.807, 2.05) is 0 Å². The molecule has 0 saturated heterocycles. The van der Waals surface area contributed by atoms with Crippen LogP contribution in [-0.2, 0) is 9.59 Å². The molecule has 0 bridgehead atoms. The van der Waals surface area contributed by atoms with Gasteiger partial charge in [-0.1, -0.05) is 0 Å². The van der Waals surface area contributed by atoms with Gasteiger partial charge >= 0.3 is 0 Å². The average Bonchev–Trinajstić information content (AvgIpc) is 2.27. The summed E-state index contributed by atoms with van der Waals surface area (Å²) >= 11 is 0. The van der Waals surface area contributed by atoms with Gasteiger partial charge in [0.1, 0.15) is 17.5 Å². The van der Waals surface area contributed by atoms with E-state index in [-0.39, 0.29) is 17.7 Å². The monoisotopic (exact) mass is 224 g/mol. The second-order valence-electron chi connectivity index (χ2n) is 3.20. The summed E-state index contributed by atoms with van der Waals surface area (Å²) < 4.78 is 26.1. The number of aldehydes is 1. The Morgan fingerprint density at radius 3 is 2.88 bits per heavy atom. The normalized spacial score (nSPS) is 17.5. The van der Waals surface area contributed by atoms with Gasteiger partial charge in [-0.15, -0.1) is 0 Å². The number of rotatable bonds is 2. The predicted octanol–water partition coefficient (Wildman–Crippen LogP) is 1.23. The van der Waals surface area contributed by atoms with Gasteiger partial charge in [-0.2, -0.15) is 0 Å². The van der Waals surface area contributed by atoms with E-state index in [9.17, 15) is 18.4 Å². The van der Waals surface area contributed by atoms with Gasteiger partial charge in [0.25, 0.3) is 0 Å². The van der Waals surface area contributed by atoms with Crippen molar-refractivity contribution in [1.82, 2.24) is 0 Å². The molecule has 0 aliphatic carbocycles. The summed E-state index contributed by atoms with van der Waals surface area (Å²) in [6.07, 6.45) is 1.24. The highest BCUT2D eigenvalue weighted by Crippen LogP contribution is 2.32. The van der Waals surface area contributed by atoms with Gasteiger partial charge in [-0.05, 0) is 6.07 Å². The fraction of sp³-hybridized carbons (Fsp3) is 0.100. The lowest BCUT2D eigenvalue weighted by atomic mass is 10.1. The maximum atomic E-state index is 13.2. The number of carbonyl (C=O) groups excluding carboxylic acids is 2. The van der Waals surface area contributed by atoms with Crippen molar-refractivity contribution in [1.29, 1.82) is 0 Å². The topological polar surface area (TPSA) is 58.5 Å². The summed E-state index contributed by atoms with van der Waals surface area (Å²) in [5.41, 5.74) is -0.0171. The first-order valence-corrected chi connectivity index (χ1v) is 4.40. The molecule has 0 aromatic heterocycles. The van der Waals surface area contributed by atoms with Gasteiger partial charge in [0.2, 0.25) is 5.78 Å². The van der Waals surface area contributed by atoms with Crippen LogP contribution in [0, 0.1) is 11.6 Å². The summed E-state index contributed by atoms with van der Waals surface area (Å²) in [4.78, 5) is 25.0. The number of halogens is 2. The van der Waals surface area contributed by atoms with Gasteiger partial charge in [0.15, 0.2) is 12.1 Å². The summed E-state index contributed by atoms with van der Waals surface area (Å²) in [5.74, 6) is -2.35. The number of nitrogens with zero attached hydrogens (tertiary/aromatic N) is 1. The predicted molar refractivity (Wildman–Crippen MR) is 53.0 cm³/mol. The number of aliphatic imine (C=N–C) groups is 1. The second-order valence-corrected chi connectivity index (χ2v) is 3.20. The minimum atomic E-state index is -0.966. The fourth-order valence-corrected chi connectivity index (χ4v) is 1.38. The summed E-state index contributed by atoms with van der Waals surface area (Å²) in [7, 11) is 0. The Balaban J connectivity index is 2.41. The van der Waals surface area contributed by atoms with Gasteiger partial charge in [0, 0.05) is 12.3 Å². The van der Waals surface area contributed by atoms with E-state index < -0.39 is 23.5 Å². The van der Waals surface area contributed by atoms with Crippen molar-refractivity contribution >= 4 is 29.7 Å². The summed E-state index contributed by atoms with van der Waals surface area (Å²) in [6.45, 7) is 0. The number of benzene rings is 1. The van der Waals surface area contributed by atoms with E-state index in [1.165, 1.54) is 0 Å². The van der Waals surface area contributed by atoms with Crippen LogP contribution < -0.4 is 5.32 Å². The lowest BCUT2D eigenvalue weighted by Gasteiger charge is -2.18. The number of nitrogens with one attached hydrogen (secondary N) is 1. The van der Waals surface area contributed by atoms with Crippen LogP contribution in [0.4, 0.5) is 20.2 Å². The molecule has 16 heavy (non-hydrogen) atoms. The number of Topliss-reactive ketones (excluding diaryl/α,β-unsaturated/α-hetero) is 1. The number of hydrogen-bond donors (Lipinski definition) is 1. The molecule has 1 aromatic rings. The summed E-state index contributed by atoms with van der Waals surface area (Å²) in [5, 5.41) is 2.52. The molecule has 1 unspecified atom stereocenters. The first-order valence-electron chi connectivity index (χ1n) is 4.40. The van der Waals surface area contributed by atoms with Gasteiger partial charge < -0.3 is 5.32 Å². The Kier molecular flexibility index (Phi) is 2.47. The first-order chi connectivity index (χ1) is 7.61. The van der Waals surface area contributed by atoms with Gasteiger partial charge in [0.05, 0.1) is 5.69 Å². The van der Waals surface area contributed by atoms with Crippen LogP contribution in [0.3, 0.4) is 0 Å². The highest BCUT2D eigenvalue weighted by atomic mass is 19.1. The molecular formula is C10H6F2N2O2. The van der Waals surface area contributed by atoms with Gasteiger partial charge in [-0.3, -0.25) is 14.6 Å². The number of anilines is 1. The molecular weight excluding hydrogens is 218 g/mol. The SMILES string of the molecule is O=CC(=O)C1C=Nc2c(F)cc(F)cc2N1. The van der Waals surface area contributed by atoms with Gasteiger partial charge in [-0.25, -0.2) is 8.78 Å². The Morgan fingerprint density at radius 2 is 2.19 bits per heavy atom. The van der Waals surface area contributed by atoms with Crippen LogP contribution in [0.2, 0.25) is 0 Å². The van der Waals surface area contributed by atoms with Crippen molar-refractivity contribution in [3.8, 4) is 0 Å². The molecule has 1 atom stereocenters. The molecule has 82 valence electrons. The quantitative estimate of drug-likeness (QED) is 0.607. The van der Waals surface area contributed by atoms with E-state index in [2.05, 4.69) is 10.3 Å².